The lowest BCUT2D eigenvalue weighted by molar-refractivity contribution is 0.101. The van der Waals surface area contributed by atoms with Gasteiger partial charge in [0.1, 0.15) is 4.83 Å². The Kier molecular flexibility index (Phi) is 4.54. The fourth-order valence-electron chi connectivity index (χ4n) is 2.95. The molecule has 6 heteroatoms. The lowest BCUT2D eigenvalue weighted by Crippen LogP contribution is -2.02. The molecule has 4 nitrogen and oxygen atoms in total. The van der Waals surface area contributed by atoms with Gasteiger partial charge in [-0.2, -0.15) is 0 Å². The number of benzene rings is 1. The Balaban J connectivity index is 2.55. The van der Waals surface area contributed by atoms with Gasteiger partial charge in [0.25, 0.3) is 0 Å². The molecule has 3 rings (SSSR count). The highest BCUT2D eigenvalue weighted by atomic mass is 35.5. The quantitative estimate of drug-likeness (QED) is 0.439. The zero-order valence-corrected chi connectivity index (χ0v) is 15.6. The van der Waals surface area contributed by atoms with Gasteiger partial charge in [-0.15, -0.1) is 11.3 Å². The highest BCUT2D eigenvalue weighted by Gasteiger charge is 2.24. The molecule has 126 valence electrons. The van der Waals surface area contributed by atoms with Crippen molar-refractivity contribution in [2.24, 2.45) is 4.99 Å². The van der Waals surface area contributed by atoms with Crippen LogP contribution in [0.5, 0.6) is 0 Å². The van der Waals surface area contributed by atoms with E-state index in [0.717, 1.165) is 11.1 Å². The van der Waals surface area contributed by atoms with Crippen LogP contribution in [0.15, 0.2) is 29.3 Å². The Labute approximate surface area is 154 Å². The highest BCUT2D eigenvalue weighted by molar-refractivity contribution is 7.21. The number of aryl methyl sites for hydroxylation is 1. The Bertz CT molecular complexity index is 1040. The molecule has 0 N–H and O–H groups in total. The van der Waals surface area contributed by atoms with Crippen molar-refractivity contribution in [1.29, 1.82) is 0 Å². The Morgan fingerprint density at radius 2 is 1.80 bits per heavy atom. The van der Waals surface area contributed by atoms with Crippen molar-refractivity contribution < 1.29 is 9.59 Å². The molecule has 0 saturated carbocycles. The van der Waals surface area contributed by atoms with Crippen molar-refractivity contribution in [3.8, 4) is 11.1 Å². The summed E-state index contributed by atoms with van der Waals surface area (Å²) in [5.41, 5.74) is 3.16. The Morgan fingerprint density at radius 1 is 1.16 bits per heavy atom. The van der Waals surface area contributed by atoms with Crippen molar-refractivity contribution in [2.45, 2.75) is 20.8 Å². The van der Waals surface area contributed by atoms with Crippen LogP contribution >= 0.6 is 22.9 Å². The van der Waals surface area contributed by atoms with E-state index >= 15 is 0 Å². The number of rotatable bonds is 4. The molecule has 0 saturated heterocycles. The number of halogens is 1. The van der Waals surface area contributed by atoms with Crippen molar-refractivity contribution in [2.75, 3.05) is 0 Å². The lowest BCUT2D eigenvalue weighted by atomic mass is 9.93. The largest absolute Gasteiger partial charge is 0.294 e. The second kappa shape index (κ2) is 6.50. The van der Waals surface area contributed by atoms with Crippen LogP contribution in [0.25, 0.3) is 21.3 Å². The minimum absolute atomic E-state index is 0.0950. The predicted octanol–water partition coefficient (Wildman–Crippen LogP) is 5.66. The third kappa shape index (κ3) is 2.90. The summed E-state index contributed by atoms with van der Waals surface area (Å²) in [5.74, 6) is -0.197. The molecule has 0 amide bonds. The summed E-state index contributed by atoms with van der Waals surface area (Å²) >= 11 is 7.28. The summed E-state index contributed by atoms with van der Waals surface area (Å²) < 4.78 is 0. The van der Waals surface area contributed by atoms with Crippen LogP contribution in [0, 0.1) is 6.92 Å². The summed E-state index contributed by atoms with van der Waals surface area (Å²) in [6.45, 7) is 8.40. The molecule has 2 heterocycles. The average Bonchev–Trinajstić information content (AvgIpc) is 2.92. The minimum atomic E-state index is -0.102. The molecule has 3 aromatic rings. The maximum atomic E-state index is 12.3. The number of carbonyl (C=O) groups excluding carboxylic acids is 2. The predicted molar refractivity (Wildman–Crippen MR) is 104 cm³/mol. The summed E-state index contributed by atoms with van der Waals surface area (Å²) in [5, 5.41) is 1.29. The first-order valence-corrected chi connectivity index (χ1v) is 8.76. The SMILES string of the molecule is C=Nc1c(C(C)=O)sc2nc(C)c(C(C)=O)c(-c3ccc(Cl)cc3)c12. The Morgan fingerprint density at radius 3 is 2.32 bits per heavy atom. The molecular formula is C19H15ClN2O2S. The number of aliphatic imine (C=N–C) groups is 1. The first-order chi connectivity index (χ1) is 11.8. The molecule has 0 unspecified atom stereocenters. The van der Waals surface area contributed by atoms with Gasteiger partial charge in [0.2, 0.25) is 0 Å². The third-order valence-electron chi connectivity index (χ3n) is 3.96. The average molecular weight is 371 g/mol. The molecule has 0 radical (unpaired) electrons. The molecule has 0 aliphatic rings. The number of pyridine rings is 1. The number of aromatic nitrogens is 1. The number of hydrogen-bond acceptors (Lipinski definition) is 5. The standard InChI is InChI=1S/C19H15ClN2O2S/c1-9-14(10(2)23)15(12-5-7-13(20)8-6-12)16-17(21-4)18(11(3)24)25-19(16)22-9/h5-8H,4H2,1-3H3. The van der Waals surface area contributed by atoms with Crippen LogP contribution in [0.1, 0.15) is 39.6 Å². The third-order valence-corrected chi connectivity index (χ3v) is 5.38. The van der Waals surface area contributed by atoms with Gasteiger partial charge >= 0.3 is 0 Å². The zero-order chi connectivity index (χ0) is 18.3. The van der Waals surface area contributed by atoms with Crippen LogP contribution in [-0.4, -0.2) is 23.3 Å². The summed E-state index contributed by atoms with van der Waals surface area (Å²) in [6.07, 6.45) is 0. The number of fused-ring (bicyclic) bond motifs is 1. The number of nitrogens with zero attached hydrogens (tertiary/aromatic N) is 2. The van der Waals surface area contributed by atoms with E-state index < -0.39 is 0 Å². The van der Waals surface area contributed by atoms with Crippen molar-refractivity contribution in [3.05, 3.63) is 45.4 Å². The minimum Gasteiger partial charge on any atom is -0.294 e. The van der Waals surface area contributed by atoms with Gasteiger partial charge in [0.15, 0.2) is 11.6 Å². The van der Waals surface area contributed by atoms with E-state index in [1.807, 2.05) is 12.1 Å². The van der Waals surface area contributed by atoms with Gasteiger partial charge in [-0.3, -0.25) is 14.6 Å². The monoisotopic (exact) mass is 370 g/mol. The molecule has 0 bridgehead atoms. The maximum Gasteiger partial charge on any atom is 0.172 e. The summed E-state index contributed by atoms with van der Waals surface area (Å²) in [4.78, 5) is 34.1. The van der Waals surface area contributed by atoms with Gasteiger partial charge in [-0.05, 0) is 38.3 Å². The molecule has 2 aromatic heterocycles. The van der Waals surface area contributed by atoms with E-state index in [2.05, 4.69) is 16.7 Å². The van der Waals surface area contributed by atoms with Crippen LogP contribution in [-0.2, 0) is 0 Å². The van der Waals surface area contributed by atoms with Gasteiger partial charge in [-0.1, -0.05) is 23.7 Å². The number of ketones is 2. The van der Waals surface area contributed by atoms with Gasteiger partial charge in [0, 0.05) is 28.5 Å². The summed E-state index contributed by atoms with van der Waals surface area (Å²) in [6, 6.07) is 7.23. The van der Waals surface area contributed by atoms with E-state index in [1.165, 1.54) is 25.2 Å². The van der Waals surface area contributed by atoms with Crippen molar-refractivity contribution in [1.82, 2.24) is 4.98 Å². The Hall–Kier alpha value is -2.37. The van der Waals surface area contributed by atoms with E-state index in [1.54, 1.807) is 19.1 Å². The second-order valence-electron chi connectivity index (χ2n) is 5.68. The number of carbonyl (C=O) groups is 2. The summed E-state index contributed by atoms with van der Waals surface area (Å²) in [7, 11) is 0. The van der Waals surface area contributed by atoms with Gasteiger partial charge in [-0.25, -0.2) is 4.98 Å². The van der Waals surface area contributed by atoms with Crippen molar-refractivity contribution in [3.63, 3.8) is 0 Å². The molecule has 0 spiro atoms. The fourth-order valence-corrected chi connectivity index (χ4v) is 4.16. The lowest BCUT2D eigenvalue weighted by Gasteiger charge is -2.12. The molecular weight excluding hydrogens is 356 g/mol. The smallest absolute Gasteiger partial charge is 0.172 e. The van der Waals surface area contributed by atoms with Gasteiger partial charge in [0.05, 0.1) is 16.3 Å². The van der Waals surface area contributed by atoms with E-state index in [0.29, 0.717) is 37.1 Å². The molecule has 25 heavy (non-hydrogen) atoms. The number of thiophene rings is 1. The first kappa shape index (κ1) is 17.5. The maximum absolute atomic E-state index is 12.3. The van der Waals surface area contributed by atoms with E-state index in [9.17, 15) is 9.59 Å². The van der Waals surface area contributed by atoms with Crippen LogP contribution in [0.4, 0.5) is 5.69 Å². The number of hydrogen-bond donors (Lipinski definition) is 0. The van der Waals surface area contributed by atoms with Crippen molar-refractivity contribution >= 4 is 57.1 Å². The molecule has 0 aliphatic carbocycles. The second-order valence-corrected chi connectivity index (χ2v) is 7.12. The van der Waals surface area contributed by atoms with Gasteiger partial charge < -0.3 is 0 Å². The first-order valence-electron chi connectivity index (χ1n) is 7.56. The van der Waals surface area contributed by atoms with Crippen LogP contribution < -0.4 is 0 Å². The molecule has 1 aromatic carbocycles. The molecule has 0 fully saturated rings. The number of Topliss-reactive ketones (excluding diaryl/α,β-unsaturated/α-hetero) is 2. The van der Waals surface area contributed by atoms with Crippen LogP contribution in [0.3, 0.4) is 0 Å². The van der Waals surface area contributed by atoms with E-state index in [-0.39, 0.29) is 11.6 Å². The molecule has 0 atom stereocenters. The highest BCUT2D eigenvalue weighted by Crippen LogP contribution is 2.45. The van der Waals surface area contributed by atoms with E-state index in [4.69, 9.17) is 11.6 Å². The van der Waals surface area contributed by atoms with Crippen LogP contribution in [0.2, 0.25) is 5.02 Å². The molecule has 0 aliphatic heterocycles. The zero-order valence-electron chi connectivity index (χ0n) is 14.0. The fraction of sp³-hybridized carbons (Fsp3) is 0.158. The topological polar surface area (TPSA) is 59.4 Å². The normalized spacial score (nSPS) is 10.9.